The zero-order chi connectivity index (χ0) is 22.2. The van der Waals surface area contributed by atoms with Crippen LogP contribution in [0, 0.1) is 0 Å². The van der Waals surface area contributed by atoms with Crippen LogP contribution >= 0.6 is 0 Å². The molecule has 1 amide bonds. The molecule has 0 saturated carbocycles. The van der Waals surface area contributed by atoms with E-state index in [1.807, 2.05) is 38.1 Å². The Morgan fingerprint density at radius 1 is 0.968 bits per heavy atom. The fourth-order valence-electron chi connectivity index (χ4n) is 2.83. The molecule has 1 aromatic heterocycles. The van der Waals surface area contributed by atoms with Crippen molar-refractivity contribution in [1.82, 2.24) is 10.2 Å². The topological polar surface area (TPSA) is 95.7 Å². The van der Waals surface area contributed by atoms with Crippen molar-refractivity contribution in [3.63, 3.8) is 0 Å². The number of rotatable bonds is 10. The molecule has 1 N–H and O–H groups in total. The molecule has 8 nitrogen and oxygen atoms in total. The summed E-state index contributed by atoms with van der Waals surface area (Å²) in [5.74, 6) is 2.13. The molecule has 0 spiro atoms. The number of hydrogen-bond donors (Lipinski definition) is 1. The minimum atomic E-state index is -0.398. The molecule has 0 aliphatic heterocycles. The van der Waals surface area contributed by atoms with Gasteiger partial charge in [0.05, 0.1) is 13.2 Å². The fourth-order valence-corrected chi connectivity index (χ4v) is 2.83. The highest BCUT2D eigenvalue weighted by Gasteiger charge is 2.15. The minimum absolute atomic E-state index is 0.00870. The van der Waals surface area contributed by atoms with Crippen LogP contribution in [0.1, 0.15) is 39.2 Å². The van der Waals surface area contributed by atoms with Gasteiger partial charge in [-0.15, -0.1) is 5.10 Å². The van der Waals surface area contributed by atoms with Gasteiger partial charge in [0.2, 0.25) is 5.89 Å². The number of ether oxygens (including phenoxy) is 3. The van der Waals surface area contributed by atoms with Gasteiger partial charge in [0, 0.05) is 5.56 Å². The molecule has 0 saturated heterocycles. The summed E-state index contributed by atoms with van der Waals surface area (Å²) in [6, 6.07) is 13.0. The summed E-state index contributed by atoms with van der Waals surface area (Å²) < 4.78 is 22.2. The number of nitrogens with zero attached hydrogens (tertiary/aromatic N) is 2. The Balaban J connectivity index is 1.60. The number of anilines is 1. The van der Waals surface area contributed by atoms with Crippen molar-refractivity contribution in [2.75, 3.05) is 25.1 Å². The Kier molecular flexibility index (Phi) is 7.48. The Bertz CT molecular complexity index is 999. The summed E-state index contributed by atoms with van der Waals surface area (Å²) in [7, 11) is 0. The van der Waals surface area contributed by atoms with E-state index in [0.717, 1.165) is 0 Å². The summed E-state index contributed by atoms with van der Waals surface area (Å²) in [5.41, 5.74) is 1.86. The van der Waals surface area contributed by atoms with E-state index >= 15 is 0 Å². The molecule has 8 heteroatoms. The number of amides is 1. The molecule has 164 valence electrons. The molecule has 0 radical (unpaired) electrons. The van der Waals surface area contributed by atoms with Gasteiger partial charge in [0.15, 0.2) is 18.1 Å². The van der Waals surface area contributed by atoms with Crippen molar-refractivity contribution in [3.05, 3.63) is 48.0 Å². The van der Waals surface area contributed by atoms with E-state index in [0.29, 0.717) is 41.9 Å². The van der Waals surface area contributed by atoms with E-state index in [1.54, 1.807) is 18.2 Å². The lowest BCUT2D eigenvalue weighted by molar-refractivity contribution is -0.118. The molecule has 1 heterocycles. The van der Waals surface area contributed by atoms with Gasteiger partial charge in [-0.25, -0.2) is 0 Å². The first-order valence-electron chi connectivity index (χ1n) is 10.3. The summed E-state index contributed by atoms with van der Waals surface area (Å²) in [4.78, 5) is 12.2. The second-order valence-electron chi connectivity index (χ2n) is 7.00. The Labute approximate surface area is 181 Å². The zero-order valence-electron chi connectivity index (χ0n) is 18.2. The van der Waals surface area contributed by atoms with Crippen LogP contribution in [0.3, 0.4) is 0 Å². The third-order valence-electron chi connectivity index (χ3n) is 4.38. The number of carbonyl (C=O) groups is 1. The molecule has 3 aromatic rings. The first-order valence-corrected chi connectivity index (χ1v) is 10.3. The van der Waals surface area contributed by atoms with E-state index in [-0.39, 0.29) is 18.5 Å². The van der Waals surface area contributed by atoms with Crippen LogP contribution in [-0.4, -0.2) is 35.9 Å². The molecule has 0 aliphatic carbocycles. The summed E-state index contributed by atoms with van der Waals surface area (Å²) in [5, 5.41) is 10.4. The van der Waals surface area contributed by atoms with Crippen LogP contribution in [0.25, 0.3) is 11.5 Å². The molecule has 0 fully saturated rings. The highest BCUT2D eigenvalue weighted by Crippen LogP contribution is 2.32. The predicted molar refractivity (Wildman–Crippen MR) is 117 cm³/mol. The van der Waals surface area contributed by atoms with Gasteiger partial charge < -0.3 is 18.6 Å². The average Bonchev–Trinajstić information content (AvgIpc) is 3.22. The lowest BCUT2D eigenvalue weighted by Gasteiger charge is -2.11. The van der Waals surface area contributed by atoms with Crippen molar-refractivity contribution in [1.29, 1.82) is 0 Å². The SMILES string of the molecule is CCOc1ccc(-c2nnc(NC(=O)COc3ccc(C(C)C)cc3)o2)cc1OCC. The minimum Gasteiger partial charge on any atom is -0.490 e. The van der Waals surface area contributed by atoms with Crippen LogP contribution in [0.4, 0.5) is 6.01 Å². The molecular formula is C23H27N3O5. The van der Waals surface area contributed by atoms with E-state index in [4.69, 9.17) is 18.6 Å². The third kappa shape index (κ3) is 5.97. The van der Waals surface area contributed by atoms with Crippen LogP contribution in [0.5, 0.6) is 17.2 Å². The normalized spacial score (nSPS) is 10.7. The number of carbonyl (C=O) groups excluding carboxylic acids is 1. The third-order valence-corrected chi connectivity index (χ3v) is 4.38. The van der Waals surface area contributed by atoms with Gasteiger partial charge in [0.1, 0.15) is 5.75 Å². The maximum atomic E-state index is 12.2. The Hall–Kier alpha value is -3.55. The lowest BCUT2D eigenvalue weighted by Crippen LogP contribution is -2.20. The quantitative estimate of drug-likeness (QED) is 0.504. The molecule has 3 rings (SSSR count). The summed E-state index contributed by atoms with van der Waals surface area (Å²) in [6.07, 6.45) is 0. The molecular weight excluding hydrogens is 398 g/mol. The van der Waals surface area contributed by atoms with Crippen molar-refractivity contribution >= 4 is 11.9 Å². The Morgan fingerprint density at radius 3 is 2.35 bits per heavy atom. The maximum Gasteiger partial charge on any atom is 0.322 e. The first-order chi connectivity index (χ1) is 15.0. The molecule has 0 bridgehead atoms. The van der Waals surface area contributed by atoms with E-state index in [1.165, 1.54) is 5.56 Å². The van der Waals surface area contributed by atoms with Crippen LogP contribution in [0.2, 0.25) is 0 Å². The molecule has 2 aromatic carbocycles. The second kappa shape index (κ2) is 10.5. The molecule has 0 atom stereocenters. The number of benzene rings is 2. The fraction of sp³-hybridized carbons (Fsp3) is 0.348. The van der Waals surface area contributed by atoms with Crippen LogP contribution < -0.4 is 19.5 Å². The smallest absolute Gasteiger partial charge is 0.322 e. The first kappa shape index (κ1) is 22.1. The van der Waals surface area contributed by atoms with Gasteiger partial charge in [-0.05, 0) is 55.7 Å². The number of nitrogens with one attached hydrogen (secondary N) is 1. The van der Waals surface area contributed by atoms with E-state index < -0.39 is 5.91 Å². The van der Waals surface area contributed by atoms with Crippen LogP contribution in [-0.2, 0) is 4.79 Å². The highest BCUT2D eigenvalue weighted by molar-refractivity contribution is 5.89. The molecule has 0 aliphatic rings. The maximum absolute atomic E-state index is 12.2. The van der Waals surface area contributed by atoms with Crippen molar-refractivity contribution in [3.8, 4) is 28.7 Å². The second-order valence-corrected chi connectivity index (χ2v) is 7.00. The van der Waals surface area contributed by atoms with E-state index in [9.17, 15) is 4.79 Å². The average molecular weight is 425 g/mol. The molecule has 31 heavy (non-hydrogen) atoms. The Morgan fingerprint density at radius 2 is 1.68 bits per heavy atom. The number of hydrogen-bond acceptors (Lipinski definition) is 7. The molecule has 0 unspecified atom stereocenters. The van der Waals surface area contributed by atoms with Crippen molar-refractivity contribution in [2.24, 2.45) is 0 Å². The monoisotopic (exact) mass is 425 g/mol. The van der Waals surface area contributed by atoms with Gasteiger partial charge in [-0.1, -0.05) is 31.1 Å². The van der Waals surface area contributed by atoms with Gasteiger partial charge >= 0.3 is 6.01 Å². The lowest BCUT2D eigenvalue weighted by atomic mass is 10.0. The summed E-state index contributed by atoms with van der Waals surface area (Å²) >= 11 is 0. The van der Waals surface area contributed by atoms with Gasteiger partial charge in [0.25, 0.3) is 5.91 Å². The van der Waals surface area contributed by atoms with E-state index in [2.05, 4.69) is 29.4 Å². The van der Waals surface area contributed by atoms with Crippen molar-refractivity contribution < 1.29 is 23.4 Å². The van der Waals surface area contributed by atoms with Crippen molar-refractivity contribution in [2.45, 2.75) is 33.6 Å². The van der Waals surface area contributed by atoms with Gasteiger partial charge in [-0.3, -0.25) is 10.1 Å². The largest absolute Gasteiger partial charge is 0.490 e. The predicted octanol–water partition coefficient (Wildman–Crippen LogP) is 4.67. The number of aromatic nitrogens is 2. The summed E-state index contributed by atoms with van der Waals surface area (Å²) in [6.45, 7) is 8.88. The standard InChI is InChI=1S/C23H27N3O5/c1-5-28-19-12-9-17(13-20(19)29-6-2)22-25-26-23(31-22)24-21(27)14-30-18-10-7-16(8-11-18)15(3)4/h7-13,15H,5-6,14H2,1-4H3,(H,24,26,27). The highest BCUT2D eigenvalue weighted by atomic mass is 16.5. The van der Waals surface area contributed by atoms with Gasteiger partial charge in [-0.2, -0.15) is 0 Å². The zero-order valence-corrected chi connectivity index (χ0v) is 18.2. The van der Waals surface area contributed by atoms with Crippen LogP contribution in [0.15, 0.2) is 46.9 Å².